The minimum atomic E-state index is -5.15. The van der Waals surface area contributed by atoms with Crippen LogP contribution in [0.15, 0.2) is 60.8 Å². The third-order valence-corrected chi connectivity index (χ3v) is 11.9. The number of phosphoric acid groups is 1. The lowest BCUT2D eigenvalue weighted by Gasteiger charge is -2.41. The van der Waals surface area contributed by atoms with Gasteiger partial charge in [-0.1, -0.05) is 158 Å². The molecule has 370 valence electrons. The Morgan fingerprint density at radius 1 is 0.562 bits per heavy atom. The zero-order valence-corrected chi connectivity index (χ0v) is 39.8. The number of unbranched alkanes of at least 4 members (excludes halogenated alkanes) is 16. The number of hydrogen-bond acceptors (Lipinski definition) is 13. The molecule has 0 bridgehead atoms. The van der Waals surface area contributed by atoms with Crippen LogP contribution < -0.4 is 0 Å². The van der Waals surface area contributed by atoms with Gasteiger partial charge in [-0.15, -0.1) is 0 Å². The first-order chi connectivity index (χ1) is 30.8. The molecule has 1 fully saturated rings. The van der Waals surface area contributed by atoms with Gasteiger partial charge in [-0.2, -0.15) is 0 Å². The molecule has 1 saturated carbocycles. The summed E-state index contributed by atoms with van der Waals surface area (Å²) in [5.41, 5.74) is 0. The van der Waals surface area contributed by atoms with Crippen LogP contribution >= 0.6 is 7.82 Å². The fraction of sp³-hybridized carbons (Fsp3) is 0.755. The molecule has 0 aromatic heterocycles. The summed E-state index contributed by atoms with van der Waals surface area (Å²) in [6.45, 7) is 3.12. The van der Waals surface area contributed by atoms with Gasteiger partial charge in [0, 0.05) is 12.8 Å². The van der Waals surface area contributed by atoms with E-state index in [0.717, 1.165) is 89.9 Å². The summed E-state index contributed by atoms with van der Waals surface area (Å²) in [6.07, 6.45) is 30.2. The molecule has 0 aliphatic heterocycles. The van der Waals surface area contributed by atoms with Gasteiger partial charge < -0.3 is 45.0 Å². The van der Waals surface area contributed by atoms with Crippen LogP contribution in [0.3, 0.4) is 0 Å². The van der Waals surface area contributed by atoms with Crippen molar-refractivity contribution >= 4 is 19.8 Å². The highest BCUT2D eigenvalue weighted by atomic mass is 31.2. The minimum absolute atomic E-state index is 0.0683. The molecule has 0 aromatic carbocycles. The van der Waals surface area contributed by atoms with E-state index in [0.29, 0.717) is 19.3 Å². The van der Waals surface area contributed by atoms with E-state index in [4.69, 9.17) is 18.5 Å². The first-order valence-electron chi connectivity index (χ1n) is 24.2. The van der Waals surface area contributed by atoms with Gasteiger partial charge in [-0.25, -0.2) is 4.57 Å². The largest absolute Gasteiger partial charge is 0.472 e. The smallest absolute Gasteiger partial charge is 0.462 e. The van der Waals surface area contributed by atoms with E-state index >= 15 is 0 Å². The number of esters is 2. The molecular weight excluding hydrogens is 843 g/mol. The predicted molar refractivity (Wildman–Crippen MR) is 250 cm³/mol. The Morgan fingerprint density at radius 2 is 1.05 bits per heavy atom. The molecule has 0 radical (unpaired) electrons. The minimum Gasteiger partial charge on any atom is -0.462 e. The summed E-state index contributed by atoms with van der Waals surface area (Å²) >= 11 is 0. The van der Waals surface area contributed by atoms with Crippen molar-refractivity contribution in [1.82, 2.24) is 0 Å². The van der Waals surface area contributed by atoms with E-state index in [1.807, 2.05) is 42.5 Å². The van der Waals surface area contributed by atoms with Gasteiger partial charge in [0.1, 0.15) is 43.2 Å². The van der Waals surface area contributed by atoms with Crippen LogP contribution in [0.5, 0.6) is 0 Å². The maximum absolute atomic E-state index is 12.8. The van der Waals surface area contributed by atoms with Gasteiger partial charge in [0.25, 0.3) is 0 Å². The van der Waals surface area contributed by atoms with Crippen LogP contribution in [0.4, 0.5) is 0 Å². The van der Waals surface area contributed by atoms with E-state index in [9.17, 15) is 49.7 Å². The summed E-state index contributed by atoms with van der Waals surface area (Å²) in [4.78, 5) is 35.7. The first kappa shape index (κ1) is 59.5. The second-order valence-corrected chi connectivity index (χ2v) is 18.2. The summed E-state index contributed by atoms with van der Waals surface area (Å²) in [5, 5.41) is 60.1. The maximum Gasteiger partial charge on any atom is 0.472 e. The second kappa shape index (κ2) is 38.6. The SMILES string of the molecule is CCCCCCCC/C=C\CCCCCCCCCC(=O)O[C@H](COC(=O)CCC/C=C\C/C=C\C/C=C\C=C\[C@H](O)CCCCC)COP(=O)(O)OC1[C@H](O)[C@H](O)C(O)[C@H](O)[C@H]1O. The second-order valence-electron chi connectivity index (χ2n) is 16.8. The predicted octanol–water partition coefficient (Wildman–Crippen LogP) is 8.70. The molecule has 1 aliphatic carbocycles. The molecule has 0 aromatic rings. The van der Waals surface area contributed by atoms with Crippen molar-refractivity contribution in [3.63, 3.8) is 0 Å². The van der Waals surface area contributed by atoms with Crippen molar-refractivity contribution in [3.05, 3.63) is 60.8 Å². The topological polar surface area (TPSA) is 230 Å². The van der Waals surface area contributed by atoms with Gasteiger partial charge in [0.05, 0.1) is 12.7 Å². The molecule has 9 atom stereocenters. The third-order valence-electron chi connectivity index (χ3n) is 10.9. The summed E-state index contributed by atoms with van der Waals surface area (Å²) in [7, 11) is -5.15. The number of aliphatic hydroxyl groups is 6. The van der Waals surface area contributed by atoms with Crippen molar-refractivity contribution in [2.24, 2.45) is 0 Å². The fourth-order valence-corrected chi connectivity index (χ4v) is 7.95. The van der Waals surface area contributed by atoms with Crippen molar-refractivity contribution in [2.45, 2.75) is 223 Å². The molecule has 0 spiro atoms. The number of ether oxygens (including phenoxy) is 2. The molecule has 0 saturated heterocycles. The van der Waals surface area contributed by atoms with Crippen LogP contribution in [0.25, 0.3) is 0 Å². The molecule has 0 heterocycles. The van der Waals surface area contributed by atoms with E-state index in [-0.39, 0.29) is 12.8 Å². The molecule has 3 unspecified atom stereocenters. The fourth-order valence-electron chi connectivity index (χ4n) is 6.97. The average molecular weight is 929 g/mol. The van der Waals surface area contributed by atoms with Crippen molar-refractivity contribution in [1.29, 1.82) is 0 Å². The highest BCUT2D eigenvalue weighted by Crippen LogP contribution is 2.47. The Labute approximate surface area is 384 Å². The number of carbonyl (C=O) groups excluding carboxylic acids is 2. The van der Waals surface area contributed by atoms with Crippen LogP contribution in [0.2, 0.25) is 0 Å². The molecule has 64 heavy (non-hydrogen) atoms. The standard InChI is InChI=1S/C49H85O14P/c1-3-5-7-8-9-10-11-12-13-14-15-16-19-23-26-29-33-37-43(52)62-41(39-61-64(58,59)63-49-47(56)45(54)44(53)46(55)48(49)57)38-60-42(51)36-32-28-25-22-20-17-18-21-24-27-31-35-40(50)34-30-6-4-2/h12-13,17-18,22,24-25,27,31,35,40-41,44-50,53-57H,3-11,14-16,19-21,23,26,28-30,32-34,36-39H2,1-2H3,(H,58,59)/b13-12-,18-17-,25-22-,27-24-,35-31+/t40-,41-,44?,45-,46+,47-,48-,49?/m1/s1. The van der Waals surface area contributed by atoms with Crippen LogP contribution in [-0.4, -0.2) is 110 Å². The lowest BCUT2D eigenvalue weighted by Crippen LogP contribution is -2.64. The monoisotopic (exact) mass is 929 g/mol. The Morgan fingerprint density at radius 3 is 1.67 bits per heavy atom. The molecule has 1 aliphatic rings. The lowest BCUT2D eigenvalue weighted by molar-refractivity contribution is -0.220. The highest BCUT2D eigenvalue weighted by molar-refractivity contribution is 7.47. The normalized spacial score (nSPS) is 22.6. The van der Waals surface area contributed by atoms with E-state index in [1.165, 1.54) is 38.5 Å². The molecule has 14 nitrogen and oxygen atoms in total. The van der Waals surface area contributed by atoms with Crippen molar-refractivity contribution in [3.8, 4) is 0 Å². The Bertz CT molecular complexity index is 1370. The molecule has 15 heteroatoms. The third kappa shape index (κ3) is 30.7. The van der Waals surface area contributed by atoms with Gasteiger partial charge in [0.15, 0.2) is 6.10 Å². The Kier molecular flexibility index (Phi) is 35.9. The van der Waals surface area contributed by atoms with E-state index in [2.05, 4.69) is 26.0 Å². The number of rotatable bonds is 39. The van der Waals surface area contributed by atoms with Crippen LogP contribution in [-0.2, 0) is 32.7 Å². The molecule has 0 amide bonds. The van der Waals surface area contributed by atoms with Gasteiger partial charge in [-0.3, -0.25) is 18.6 Å². The van der Waals surface area contributed by atoms with Gasteiger partial charge in [0.2, 0.25) is 0 Å². The average Bonchev–Trinajstić information content (AvgIpc) is 3.27. The number of hydrogen-bond donors (Lipinski definition) is 7. The van der Waals surface area contributed by atoms with Crippen LogP contribution in [0.1, 0.15) is 174 Å². The van der Waals surface area contributed by atoms with E-state index in [1.54, 1.807) is 6.08 Å². The quantitative estimate of drug-likeness (QED) is 0.0101. The Hall–Kier alpha value is -2.49. The number of allylic oxidation sites excluding steroid dienone is 9. The zero-order chi connectivity index (χ0) is 47.3. The summed E-state index contributed by atoms with van der Waals surface area (Å²) < 4.78 is 33.5. The van der Waals surface area contributed by atoms with Crippen LogP contribution in [0, 0.1) is 0 Å². The highest BCUT2D eigenvalue weighted by Gasteiger charge is 2.51. The summed E-state index contributed by atoms with van der Waals surface area (Å²) in [6, 6.07) is 0. The van der Waals surface area contributed by atoms with Crippen molar-refractivity contribution < 1.29 is 68.2 Å². The number of aliphatic hydroxyl groups excluding tert-OH is 6. The lowest BCUT2D eigenvalue weighted by atomic mass is 9.85. The number of carbonyl (C=O) groups is 2. The molecule has 7 N–H and O–H groups in total. The van der Waals surface area contributed by atoms with Gasteiger partial charge in [-0.05, 0) is 64.2 Å². The number of phosphoric ester groups is 1. The first-order valence-corrected chi connectivity index (χ1v) is 25.7. The van der Waals surface area contributed by atoms with Crippen molar-refractivity contribution in [2.75, 3.05) is 13.2 Å². The zero-order valence-electron chi connectivity index (χ0n) is 38.9. The summed E-state index contributed by atoms with van der Waals surface area (Å²) in [5.74, 6) is -1.20. The molecular formula is C49H85O14P. The Balaban J connectivity index is 2.50. The molecule has 1 rings (SSSR count). The maximum atomic E-state index is 12.8. The van der Waals surface area contributed by atoms with E-state index < -0.39 is 81.8 Å². The van der Waals surface area contributed by atoms with Gasteiger partial charge >= 0.3 is 19.8 Å².